The Morgan fingerprint density at radius 3 is 2.29 bits per heavy atom. The van der Waals surface area contributed by atoms with Crippen LogP contribution in [0.25, 0.3) is 0 Å². The summed E-state index contributed by atoms with van der Waals surface area (Å²) in [7, 11) is 2.85. The van der Waals surface area contributed by atoms with E-state index < -0.39 is 59.4 Å². The van der Waals surface area contributed by atoms with E-state index in [0.717, 1.165) is 35.2 Å². The van der Waals surface area contributed by atoms with Gasteiger partial charge in [0, 0.05) is 37.5 Å². The van der Waals surface area contributed by atoms with Crippen LogP contribution in [0.3, 0.4) is 0 Å². The normalized spacial score (nSPS) is 18.6. The SMILES string of the molecule is CC1=C(C(=O)N(C)C)CC(Cc2ccc(F)c(F)c2)(C(N)=O)C(=O)N1c1cccc(C(F)(F)F)c1. The van der Waals surface area contributed by atoms with Crippen LogP contribution in [0.4, 0.5) is 27.6 Å². The molecular formula is C24H22F5N3O3. The van der Waals surface area contributed by atoms with Crippen molar-refractivity contribution < 1.29 is 36.3 Å². The van der Waals surface area contributed by atoms with E-state index in [9.17, 15) is 36.3 Å². The van der Waals surface area contributed by atoms with Crippen molar-refractivity contribution in [2.75, 3.05) is 19.0 Å². The van der Waals surface area contributed by atoms with Gasteiger partial charge in [0.2, 0.25) is 11.8 Å². The number of nitrogens with two attached hydrogens (primary N) is 1. The molecule has 0 aliphatic carbocycles. The summed E-state index contributed by atoms with van der Waals surface area (Å²) < 4.78 is 67.4. The molecule has 6 nitrogen and oxygen atoms in total. The van der Waals surface area contributed by atoms with Crippen molar-refractivity contribution in [2.24, 2.45) is 11.1 Å². The molecule has 0 spiro atoms. The third-order valence-corrected chi connectivity index (χ3v) is 5.92. The number of carbonyl (C=O) groups is 3. The average molecular weight is 495 g/mol. The lowest BCUT2D eigenvalue weighted by atomic mass is 9.71. The fourth-order valence-electron chi connectivity index (χ4n) is 4.05. The molecule has 2 aromatic rings. The first-order valence-electron chi connectivity index (χ1n) is 10.4. The number of hydrogen-bond acceptors (Lipinski definition) is 3. The van der Waals surface area contributed by atoms with E-state index >= 15 is 0 Å². The number of nitrogens with zero attached hydrogens (tertiary/aromatic N) is 2. The molecule has 0 saturated heterocycles. The number of primary amides is 1. The zero-order valence-electron chi connectivity index (χ0n) is 19.0. The summed E-state index contributed by atoms with van der Waals surface area (Å²) in [6.45, 7) is 1.37. The van der Waals surface area contributed by atoms with Gasteiger partial charge in [-0.2, -0.15) is 13.2 Å². The Morgan fingerprint density at radius 2 is 1.74 bits per heavy atom. The Labute approximate surface area is 197 Å². The zero-order chi connectivity index (χ0) is 26.3. The molecule has 0 radical (unpaired) electrons. The van der Waals surface area contributed by atoms with Crippen molar-refractivity contribution in [3.8, 4) is 0 Å². The minimum atomic E-state index is -4.72. The molecule has 3 rings (SSSR count). The quantitative estimate of drug-likeness (QED) is 0.506. The molecule has 1 atom stereocenters. The average Bonchev–Trinajstić information content (AvgIpc) is 2.77. The lowest BCUT2D eigenvalue weighted by molar-refractivity contribution is -0.141. The molecule has 0 bridgehead atoms. The second kappa shape index (κ2) is 9.12. The lowest BCUT2D eigenvalue weighted by Gasteiger charge is -2.41. The highest BCUT2D eigenvalue weighted by molar-refractivity contribution is 6.16. The van der Waals surface area contributed by atoms with Crippen molar-refractivity contribution in [1.82, 2.24) is 4.90 Å². The molecule has 2 aromatic carbocycles. The fraction of sp³-hybridized carbons (Fsp3) is 0.292. The number of carbonyl (C=O) groups excluding carboxylic acids is 3. The number of anilines is 1. The highest BCUT2D eigenvalue weighted by Crippen LogP contribution is 2.43. The van der Waals surface area contributed by atoms with E-state index in [1.54, 1.807) is 0 Å². The molecule has 1 heterocycles. The first-order chi connectivity index (χ1) is 16.2. The summed E-state index contributed by atoms with van der Waals surface area (Å²) in [5.74, 6) is -5.12. The van der Waals surface area contributed by atoms with E-state index in [0.29, 0.717) is 6.07 Å². The van der Waals surface area contributed by atoms with E-state index in [1.807, 2.05) is 0 Å². The smallest absolute Gasteiger partial charge is 0.369 e. The number of amides is 3. The van der Waals surface area contributed by atoms with E-state index in [4.69, 9.17) is 5.73 Å². The van der Waals surface area contributed by atoms with E-state index in [1.165, 1.54) is 32.0 Å². The fourth-order valence-corrected chi connectivity index (χ4v) is 4.05. The predicted molar refractivity (Wildman–Crippen MR) is 117 cm³/mol. The van der Waals surface area contributed by atoms with Crippen molar-refractivity contribution in [1.29, 1.82) is 0 Å². The second-order valence-corrected chi connectivity index (χ2v) is 8.50. The highest BCUT2D eigenvalue weighted by atomic mass is 19.4. The summed E-state index contributed by atoms with van der Waals surface area (Å²) >= 11 is 0. The first kappa shape index (κ1) is 25.9. The number of halogens is 5. The number of hydrogen-bond donors (Lipinski definition) is 1. The summed E-state index contributed by atoms with van der Waals surface area (Å²) in [5.41, 5.74) is 2.24. The molecule has 0 fully saturated rings. The summed E-state index contributed by atoms with van der Waals surface area (Å²) in [4.78, 5) is 41.5. The van der Waals surface area contributed by atoms with Gasteiger partial charge < -0.3 is 10.6 Å². The molecule has 2 N–H and O–H groups in total. The topological polar surface area (TPSA) is 83.7 Å². The van der Waals surface area contributed by atoms with Gasteiger partial charge in [-0.05, 0) is 49.2 Å². The maximum atomic E-state index is 13.9. The number of allylic oxidation sites excluding steroid dienone is 1. The van der Waals surface area contributed by atoms with Crippen LogP contribution < -0.4 is 10.6 Å². The van der Waals surface area contributed by atoms with Gasteiger partial charge in [-0.3, -0.25) is 19.3 Å². The standard InChI is InChI=1S/C24H22F5N3O3/c1-13-17(20(33)31(2)3)12-23(21(30)34,11-14-7-8-18(25)19(26)9-14)22(35)32(13)16-6-4-5-15(10-16)24(27,28)29/h4-10H,11-12H2,1-3H3,(H2,30,34). The van der Waals surface area contributed by atoms with Crippen molar-refractivity contribution in [2.45, 2.75) is 25.9 Å². The van der Waals surface area contributed by atoms with Gasteiger partial charge >= 0.3 is 6.18 Å². The maximum absolute atomic E-state index is 13.9. The van der Waals surface area contributed by atoms with Crippen molar-refractivity contribution in [3.05, 3.63) is 76.5 Å². The summed E-state index contributed by atoms with van der Waals surface area (Å²) in [6.07, 6.45) is -5.70. The number of alkyl halides is 3. The van der Waals surface area contributed by atoms with Crippen LogP contribution in [-0.2, 0) is 27.0 Å². The molecule has 11 heteroatoms. The minimum Gasteiger partial charge on any atom is -0.369 e. The van der Waals surface area contributed by atoms with Crippen LogP contribution in [0.15, 0.2) is 53.7 Å². The van der Waals surface area contributed by atoms with Gasteiger partial charge in [0.05, 0.1) is 5.56 Å². The highest BCUT2D eigenvalue weighted by Gasteiger charge is 2.53. The molecule has 1 aliphatic rings. The van der Waals surface area contributed by atoms with Crippen molar-refractivity contribution in [3.63, 3.8) is 0 Å². The number of rotatable bonds is 5. The molecule has 3 amide bonds. The third-order valence-electron chi connectivity index (χ3n) is 5.92. The van der Waals surface area contributed by atoms with Gasteiger partial charge in [-0.1, -0.05) is 12.1 Å². The molecular weight excluding hydrogens is 473 g/mol. The van der Waals surface area contributed by atoms with E-state index in [-0.39, 0.29) is 22.5 Å². The Hall–Kier alpha value is -3.76. The number of likely N-dealkylation sites (N-methyl/N-ethyl adjacent to an activating group) is 1. The minimum absolute atomic E-state index is 0.0233. The lowest BCUT2D eigenvalue weighted by Crippen LogP contribution is -2.56. The molecule has 186 valence electrons. The number of benzene rings is 2. The van der Waals surface area contributed by atoms with E-state index in [2.05, 4.69) is 0 Å². The van der Waals surface area contributed by atoms with Gasteiger partial charge in [-0.15, -0.1) is 0 Å². The summed E-state index contributed by atoms with van der Waals surface area (Å²) in [5, 5.41) is 0. The Kier molecular flexibility index (Phi) is 6.74. The monoisotopic (exact) mass is 495 g/mol. The molecule has 1 unspecified atom stereocenters. The third kappa shape index (κ3) is 4.75. The van der Waals surface area contributed by atoms with Gasteiger partial charge in [0.1, 0.15) is 5.41 Å². The zero-order valence-corrected chi connectivity index (χ0v) is 19.0. The second-order valence-electron chi connectivity index (χ2n) is 8.50. The largest absolute Gasteiger partial charge is 0.416 e. The van der Waals surface area contributed by atoms with Crippen LogP contribution in [0.2, 0.25) is 0 Å². The Bertz CT molecular complexity index is 1240. The molecule has 1 aliphatic heterocycles. The molecule has 35 heavy (non-hydrogen) atoms. The Morgan fingerprint density at radius 1 is 1.09 bits per heavy atom. The molecule has 0 aromatic heterocycles. The van der Waals surface area contributed by atoms with Gasteiger partial charge in [0.25, 0.3) is 5.91 Å². The summed E-state index contributed by atoms with van der Waals surface area (Å²) in [6, 6.07) is 6.60. The van der Waals surface area contributed by atoms with Crippen molar-refractivity contribution >= 4 is 23.4 Å². The predicted octanol–water partition coefficient (Wildman–Crippen LogP) is 3.80. The van der Waals surface area contributed by atoms with Crippen LogP contribution in [0, 0.1) is 17.0 Å². The van der Waals surface area contributed by atoms with Crippen LogP contribution >= 0.6 is 0 Å². The first-order valence-corrected chi connectivity index (χ1v) is 10.4. The molecule has 0 saturated carbocycles. The Balaban J connectivity index is 2.25. The van der Waals surface area contributed by atoms with Gasteiger partial charge in [-0.25, -0.2) is 8.78 Å². The van der Waals surface area contributed by atoms with Gasteiger partial charge in [0.15, 0.2) is 11.6 Å². The van der Waals surface area contributed by atoms with Crippen LogP contribution in [0.5, 0.6) is 0 Å². The van der Waals surface area contributed by atoms with Crippen LogP contribution in [0.1, 0.15) is 24.5 Å². The maximum Gasteiger partial charge on any atom is 0.416 e. The van der Waals surface area contributed by atoms with Crippen LogP contribution in [-0.4, -0.2) is 36.7 Å².